The number of halogens is 1. The molecule has 84 valence electrons. The van der Waals surface area contributed by atoms with Gasteiger partial charge in [-0.05, 0) is 61.0 Å². The smallest absolute Gasteiger partial charge is 0.0325 e. The average molecular weight is 289 g/mol. The Morgan fingerprint density at radius 1 is 1.60 bits per heavy atom. The standard InChI is InChI=1S/C11H17BrN2S/c1-14(3-2-9-5-13-6-9)7-11-4-10(12)8-15-11/h4,8-9,13H,2-3,5-7H2,1H3. The van der Waals surface area contributed by atoms with E-state index in [0.29, 0.717) is 0 Å². The van der Waals surface area contributed by atoms with E-state index in [4.69, 9.17) is 0 Å². The first kappa shape index (κ1) is 11.6. The van der Waals surface area contributed by atoms with Crippen LogP contribution in [0.3, 0.4) is 0 Å². The molecular weight excluding hydrogens is 272 g/mol. The second kappa shape index (κ2) is 5.43. The summed E-state index contributed by atoms with van der Waals surface area (Å²) in [6.07, 6.45) is 1.33. The van der Waals surface area contributed by atoms with Crippen LogP contribution in [0.15, 0.2) is 15.9 Å². The number of nitrogens with zero attached hydrogens (tertiary/aromatic N) is 1. The van der Waals surface area contributed by atoms with Crippen LogP contribution < -0.4 is 5.32 Å². The summed E-state index contributed by atoms with van der Waals surface area (Å²) in [7, 11) is 2.21. The van der Waals surface area contributed by atoms with Gasteiger partial charge in [0.2, 0.25) is 0 Å². The van der Waals surface area contributed by atoms with E-state index < -0.39 is 0 Å². The highest BCUT2D eigenvalue weighted by Gasteiger charge is 2.16. The van der Waals surface area contributed by atoms with Gasteiger partial charge in [0.25, 0.3) is 0 Å². The predicted octanol–water partition coefficient (Wildman–Crippen LogP) is 2.55. The van der Waals surface area contributed by atoms with E-state index in [1.807, 2.05) is 11.3 Å². The first-order valence-electron chi connectivity index (χ1n) is 5.36. The van der Waals surface area contributed by atoms with Crippen LogP contribution in [0.2, 0.25) is 0 Å². The molecule has 0 radical (unpaired) electrons. The van der Waals surface area contributed by atoms with E-state index in [1.165, 1.54) is 35.4 Å². The number of thiophene rings is 1. The molecular formula is C11H17BrN2S. The molecule has 1 N–H and O–H groups in total. The van der Waals surface area contributed by atoms with Crippen LogP contribution in [0.4, 0.5) is 0 Å². The highest BCUT2D eigenvalue weighted by molar-refractivity contribution is 9.10. The zero-order valence-electron chi connectivity index (χ0n) is 9.00. The third kappa shape index (κ3) is 3.55. The summed E-state index contributed by atoms with van der Waals surface area (Å²) in [6.45, 7) is 4.73. The Labute approximate surface area is 104 Å². The molecule has 0 saturated carbocycles. The van der Waals surface area contributed by atoms with Gasteiger partial charge >= 0.3 is 0 Å². The van der Waals surface area contributed by atoms with Crippen molar-refractivity contribution in [3.63, 3.8) is 0 Å². The minimum atomic E-state index is 0.919. The van der Waals surface area contributed by atoms with Crippen molar-refractivity contribution < 1.29 is 0 Å². The Bertz CT molecular complexity index is 309. The quantitative estimate of drug-likeness (QED) is 0.896. The molecule has 1 saturated heterocycles. The molecule has 1 fully saturated rings. The lowest BCUT2D eigenvalue weighted by Crippen LogP contribution is -2.43. The van der Waals surface area contributed by atoms with E-state index >= 15 is 0 Å². The first-order valence-corrected chi connectivity index (χ1v) is 7.03. The lowest BCUT2D eigenvalue weighted by atomic mass is 9.99. The number of hydrogen-bond donors (Lipinski definition) is 1. The summed E-state index contributed by atoms with van der Waals surface area (Å²) in [5.74, 6) is 0.919. The van der Waals surface area contributed by atoms with Crippen molar-refractivity contribution in [2.24, 2.45) is 5.92 Å². The Kier molecular flexibility index (Phi) is 4.20. The molecule has 0 aliphatic carbocycles. The maximum Gasteiger partial charge on any atom is 0.0325 e. The second-order valence-electron chi connectivity index (χ2n) is 4.28. The summed E-state index contributed by atoms with van der Waals surface area (Å²) in [6, 6.07) is 2.21. The zero-order valence-corrected chi connectivity index (χ0v) is 11.4. The van der Waals surface area contributed by atoms with E-state index in [-0.39, 0.29) is 0 Å². The second-order valence-corrected chi connectivity index (χ2v) is 6.19. The average Bonchev–Trinajstić information content (AvgIpc) is 2.48. The predicted molar refractivity (Wildman–Crippen MR) is 69.3 cm³/mol. The van der Waals surface area contributed by atoms with Gasteiger partial charge in [-0.2, -0.15) is 0 Å². The minimum Gasteiger partial charge on any atom is -0.316 e. The molecule has 2 nitrogen and oxygen atoms in total. The van der Waals surface area contributed by atoms with Gasteiger partial charge in [-0.25, -0.2) is 0 Å². The number of nitrogens with one attached hydrogen (secondary N) is 1. The minimum absolute atomic E-state index is 0.919. The van der Waals surface area contributed by atoms with Gasteiger partial charge in [0.15, 0.2) is 0 Å². The van der Waals surface area contributed by atoms with Gasteiger partial charge in [0.05, 0.1) is 0 Å². The van der Waals surface area contributed by atoms with Crippen LogP contribution in [0, 0.1) is 5.92 Å². The highest BCUT2D eigenvalue weighted by atomic mass is 79.9. The van der Waals surface area contributed by atoms with Crippen molar-refractivity contribution in [2.75, 3.05) is 26.7 Å². The first-order chi connectivity index (χ1) is 7.24. The van der Waals surface area contributed by atoms with E-state index in [1.54, 1.807) is 0 Å². The van der Waals surface area contributed by atoms with Gasteiger partial charge in [-0.1, -0.05) is 0 Å². The summed E-state index contributed by atoms with van der Waals surface area (Å²) >= 11 is 5.32. The fraction of sp³-hybridized carbons (Fsp3) is 0.636. The molecule has 2 rings (SSSR count). The third-order valence-corrected chi connectivity index (χ3v) is 4.51. The molecule has 0 bridgehead atoms. The van der Waals surface area contributed by atoms with Crippen molar-refractivity contribution >= 4 is 27.3 Å². The van der Waals surface area contributed by atoms with Crippen LogP contribution in [-0.2, 0) is 6.54 Å². The normalized spacial score (nSPS) is 17.0. The van der Waals surface area contributed by atoms with Crippen molar-refractivity contribution in [3.8, 4) is 0 Å². The molecule has 0 aromatic carbocycles. The molecule has 0 spiro atoms. The van der Waals surface area contributed by atoms with Gasteiger partial charge in [0.1, 0.15) is 0 Å². The highest BCUT2D eigenvalue weighted by Crippen LogP contribution is 2.21. The van der Waals surface area contributed by atoms with Crippen molar-refractivity contribution in [1.82, 2.24) is 10.2 Å². The number of hydrogen-bond acceptors (Lipinski definition) is 3. The molecule has 4 heteroatoms. The van der Waals surface area contributed by atoms with Crippen molar-refractivity contribution in [3.05, 3.63) is 20.8 Å². The Morgan fingerprint density at radius 3 is 2.93 bits per heavy atom. The molecule has 1 aliphatic heterocycles. The molecule has 15 heavy (non-hydrogen) atoms. The van der Waals surface area contributed by atoms with Crippen molar-refractivity contribution in [1.29, 1.82) is 0 Å². The molecule has 1 aromatic heterocycles. The van der Waals surface area contributed by atoms with E-state index in [0.717, 1.165) is 12.5 Å². The van der Waals surface area contributed by atoms with Gasteiger partial charge in [-0.3, -0.25) is 0 Å². The largest absolute Gasteiger partial charge is 0.316 e. The molecule has 1 aliphatic rings. The monoisotopic (exact) mass is 288 g/mol. The fourth-order valence-electron chi connectivity index (χ4n) is 1.74. The van der Waals surface area contributed by atoms with E-state index in [2.05, 4.69) is 44.6 Å². The van der Waals surface area contributed by atoms with Crippen LogP contribution in [-0.4, -0.2) is 31.6 Å². The van der Waals surface area contributed by atoms with Crippen LogP contribution in [0.5, 0.6) is 0 Å². The van der Waals surface area contributed by atoms with Crippen LogP contribution in [0.25, 0.3) is 0 Å². The zero-order chi connectivity index (χ0) is 10.7. The summed E-state index contributed by atoms with van der Waals surface area (Å²) < 4.78 is 1.21. The molecule has 1 aromatic rings. The SMILES string of the molecule is CN(CCC1CNC1)Cc1cc(Br)cs1. The topological polar surface area (TPSA) is 15.3 Å². The van der Waals surface area contributed by atoms with Crippen LogP contribution >= 0.6 is 27.3 Å². The molecule has 2 heterocycles. The summed E-state index contributed by atoms with van der Waals surface area (Å²) in [4.78, 5) is 3.85. The van der Waals surface area contributed by atoms with Gasteiger partial charge in [0, 0.05) is 21.3 Å². The Morgan fingerprint density at radius 2 is 2.40 bits per heavy atom. The summed E-state index contributed by atoms with van der Waals surface area (Å²) in [5, 5.41) is 5.47. The summed E-state index contributed by atoms with van der Waals surface area (Å²) in [5.41, 5.74) is 0. The third-order valence-electron chi connectivity index (χ3n) is 2.83. The maximum atomic E-state index is 3.49. The van der Waals surface area contributed by atoms with E-state index in [9.17, 15) is 0 Å². The van der Waals surface area contributed by atoms with Crippen molar-refractivity contribution in [2.45, 2.75) is 13.0 Å². The molecule has 0 atom stereocenters. The van der Waals surface area contributed by atoms with Gasteiger partial charge in [-0.15, -0.1) is 11.3 Å². The maximum absolute atomic E-state index is 3.49. The van der Waals surface area contributed by atoms with Crippen LogP contribution in [0.1, 0.15) is 11.3 Å². The Balaban J connectivity index is 1.69. The van der Waals surface area contributed by atoms with Gasteiger partial charge < -0.3 is 10.2 Å². The molecule has 0 unspecified atom stereocenters. The Hall–Kier alpha value is 0.1000. The fourth-order valence-corrected chi connectivity index (χ4v) is 3.27. The lowest BCUT2D eigenvalue weighted by Gasteiger charge is -2.28. The molecule has 0 amide bonds. The number of rotatable bonds is 5. The lowest BCUT2D eigenvalue weighted by molar-refractivity contribution is 0.253.